The predicted molar refractivity (Wildman–Crippen MR) is 101 cm³/mol. The van der Waals surface area contributed by atoms with Gasteiger partial charge in [0.05, 0.1) is 10.6 Å². The van der Waals surface area contributed by atoms with Gasteiger partial charge in [0, 0.05) is 41.9 Å². The highest BCUT2D eigenvalue weighted by Crippen LogP contribution is 2.37. The van der Waals surface area contributed by atoms with Crippen LogP contribution in [0.25, 0.3) is 0 Å². The number of hydrogen-bond acceptors (Lipinski definition) is 4. The number of carbonyl (C=O) groups is 1. The third kappa shape index (κ3) is 3.55. The Hall–Kier alpha value is -1.54. The van der Waals surface area contributed by atoms with E-state index in [4.69, 9.17) is 11.6 Å². The number of thioether (sulfide) groups is 1. The van der Waals surface area contributed by atoms with Gasteiger partial charge in [-0.3, -0.25) is 4.79 Å². The molecule has 3 rings (SSSR count). The lowest BCUT2D eigenvalue weighted by Crippen LogP contribution is -2.35. The quantitative estimate of drug-likeness (QED) is 0.798. The smallest absolute Gasteiger partial charge is 0.258 e. The fourth-order valence-electron chi connectivity index (χ4n) is 2.56. The standard InChI is InChI=1S/C17H17ClN2O3S2/c1-19(2)25(22,23)14-5-3-4-12(10-14)17(21)20-8-9-24-16-7-6-13(18)11-15(16)20/h3-7,10-11H,8-9H2,1-2H3. The summed E-state index contributed by atoms with van der Waals surface area (Å²) in [7, 11) is -0.669. The Morgan fingerprint density at radius 2 is 1.96 bits per heavy atom. The molecule has 0 radical (unpaired) electrons. The Kier molecular flexibility index (Phi) is 5.11. The highest BCUT2D eigenvalue weighted by molar-refractivity contribution is 7.99. The average Bonchev–Trinajstić information content (AvgIpc) is 2.60. The summed E-state index contributed by atoms with van der Waals surface area (Å²) in [5, 5.41) is 0.558. The van der Waals surface area contributed by atoms with E-state index in [-0.39, 0.29) is 10.8 Å². The molecule has 0 aliphatic carbocycles. The van der Waals surface area contributed by atoms with Crippen LogP contribution in [0.1, 0.15) is 10.4 Å². The maximum atomic E-state index is 13.0. The third-order valence-corrected chi connectivity index (χ3v) is 6.98. The van der Waals surface area contributed by atoms with Crippen molar-refractivity contribution in [3.05, 3.63) is 53.1 Å². The van der Waals surface area contributed by atoms with E-state index in [0.717, 1.165) is 20.6 Å². The van der Waals surface area contributed by atoms with Crippen LogP contribution in [0.2, 0.25) is 5.02 Å². The third-order valence-electron chi connectivity index (χ3n) is 3.89. The Morgan fingerprint density at radius 3 is 2.68 bits per heavy atom. The molecule has 0 N–H and O–H groups in total. The number of benzene rings is 2. The largest absolute Gasteiger partial charge is 0.306 e. The van der Waals surface area contributed by atoms with Crippen LogP contribution in [0, 0.1) is 0 Å². The first-order chi connectivity index (χ1) is 11.8. The molecule has 1 amide bonds. The summed E-state index contributed by atoms with van der Waals surface area (Å²) < 4.78 is 25.7. The zero-order valence-corrected chi connectivity index (χ0v) is 16.2. The molecule has 1 aliphatic rings. The van der Waals surface area contributed by atoms with Crippen molar-refractivity contribution in [1.29, 1.82) is 0 Å². The summed E-state index contributed by atoms with van der Waals surface area (Å²) in [6.45, 7) is 0.543. The molecule has 8 heteroatoms. The van der Waals surface area contributed by atoms with Crippen LogP contribution in [0.15, 0.2) is 52.3 Å². The Balaban J connectivity index is 2.00. The molecular weight excluding hydrogens is 380 g/mol. The van der Waals surface area contributed by atoms with E-state index in [1.807, 2.05) is 6.07 Å². The number of halogens is 1. The molecule has 132 valence electrons. The summed E-state index contributed by atoms with van der Waals surface area (Å²) in [5.41, 5.74) is 1.09. The SMILES string of the molecule is CN(C)S(=O)(=O)c1cccc(C(=O)N2CCSc3ccc(Cl)cc32)c1. The van der Waals surface area contributed by atoms with Gasteiger partial charge in [0.15, 0.2) is 0 Å². The molecular formula is C17H17ClN2O3S2. The molecule has 0 bridgehead atoms. The number of sulfonamides is 1. The molecule has 0 fully saturated rings. The molecule has 0 atom stereocenters. The van der Waals surface area contributed by atoms with Crippen LogP contribution >= 0.6 is 23.4 Å². The summed E-state index contributed by atoms with van der Waals surface area (Å²) >= 11 is 7.75. The van der Waals surface area contributed by atoms with Crippen LogP contribution in [0.4, 0.5) is 5.69 Å². The lowest BCUT2D eigenvalue weighted by Gasteiger charge is -2.29. The van der Waals surface area contributed by atoms with Gasteiger partial charge >= 0.3 is 0 Å². The van der Waals surface area contributed by atoms with Gasteiger partial charge in [-0.05, 0) is 36.4 Å². The fraction of sp³-hybridized carbons (Fsp3) is 0.235. The molecule has 0 saturated carbocycles. The minimum atomic E-state index is -3.59. The Labute approximate surface area is 156 Å². The summed E-state index contributed by atoms with van der Waals surface area (Å²) in [5.74, 6) is 0.537. The van der Waals surface area contributed by atoms with Crippen LogP contribution < -0.4 is 4.90 Å². The second kappa shape index (κ2) is 6.99. The van der Waals surface area contributed by atoms with E-state index in [1.165, 1.54) is 26.2 Å². The fourth-order valence-corrected chi connectivity index (χ4v) is 4.65. The number of carbonyl (C=O) groups excluding carboxylic acids is 1. The van der Waals surface area contributed by atoms with E-state index in [9.17, 15) is 13.2 Å². The van der Waals surface area contributed by atoms with Gasteiger partial charge in [0.1, 0.15) is 0 Å². The van der Waals surface area contributed by atoms with Gasteiger partial charge in [-0.1, -0.05) is 17.7 Å². The van der Waals surface area contributed by atoms with E-state index < -0.39 is 10.0 Å². The predicted octanol–water partition coefficient (Wildman–Crippen LogP) is 3.34. The van der Waals surface area contributed by atoms with E-state index in [0.29, 0.717) is 17.1 Å². The minimum absolute atomic E-state index is 0.0982. The first-order valence-electron chi connectivity index (χ1n) is 7.57. The lowest BCUT2D eigenvalue weighted by atomic mass is 10.1. The zero-order valence-electron chi connectivity index (χ0n) is 13.8. The molecule has 0 aromatic heterocycles. The van der Waals surface area contributed by atoms with Crippen molar-refractivity contribution in [1.82, 2.24) is 4.31 Å². The first kappa shape index (κ1) is 18.3. The van der Waals surface area contributed by atoms with Crippen molar-refractivity contribution >= 4 is 45.0 Å². The molecule has 1 aliphatic heterocycles. The number of nitrogens with zero attached hydrogens (tertiary/aromatic N) is 2. The summed E-state index contributed by atoms with van der Waals surface area (Å²) in [6.07, 6.45) is 0. The maximum absolute atomic E-state index is 13.0. The highest BCUT2D eigenvalue weighted by atomic mass is 35.5. The highest BCUT2D eigenvalue weighted by Gasteiger charge is 2.26. The molecule has 25 heavy (non-hydrogen) atoms. The van der Waals surface area contributed by atoms with Gasteiger partial charge in [0.25, 0.3) is 5.91 Å². The molecule has 2 aromatic carbocycles. The monoisotopic (exact) mass is 396 g/mol. The van der Waals surface area contributed by atoms with Gasteiger partial charge < -0.3 is 4.90 Å². The van der Waals surface area contributed by atoms with Crippen molar-refractivity contribution in [3.63, 3.8) is 0 Å². The normalized spacial score (nSPS) is 14.5. The number of amides is 1. The summed E-state index contributed by atoms with van der Waals surface area (Å²) in [6, 6.07) is 11.6. The van der Waals surface area contributed by atoms with Gasteiger partial charge in [-0.25, -0.2) is 12.7 Å². The second-order valence-corrected chi connectivity index (χ2v) is 9.46. The van der Waals surface area contributed by atoms with E-state index in [2.05, 4.69) is 0 Å². The number of fused-ring (bicyclic) bond motifs is 1. The van der Waals surface area contributed by atoms with Crippen molar-refractivity contribution in [2.24, 2.45) is 0 Å². The van der Waals surface area contributed by atoms with E-state index >= 15 is 0 Å². The van der Waals surface area contributed by atoms with Gasteiger partial charge in [0.2, 0.25) is 10.0 Å². The van der Waals surface area contributed by atoms with Crippen molar-refractivity contribution < 1.29 is 13.2 Å². The molecule has 1 heterocycles. The van der Waals surface area contributed by atoms with Crippen LogP contribution in [0.5, 0.6) is 0 Å². The van der Waals surface area contributed by atoms with Crippen molar-refractivity contribution in [2.45, 2.75) is 9.79 Å². The zero-order chi connectivity index (χ0) is 18.2. The first-order valence-corrected chi connectivity index (χ1v) is 10.4. The second-order valence-electron chi connectivity index (χ2n) is 5.73. The number of anilines is 1. The molecule has 0 spiro atoms. The molecule has 2 aromatic rings. The topological polar surface area (TPSA) is 57.7 Å². The lowest BCUT2D eigenvalue weighted by molar-refractivity contribution is 0.0987. The van der Waals surface area contributed by atoms with Crippen molar-refractivity contribution in [2.75, 3.05) is 31.3 Å². The Bertz CT molecular complexity index is 929. The molecule has 5 nitrogen and oxygen atoms in total. The number of hydrogen-bond donors (Lipinski definition) is 0. The van der Waals surface area contributed by atoms with Crippen LogP contribution in [0.3, 0.4) is 0 Å². The van der Waals surface area contributed by atoms with E-state index in [1.54, 1.807) is 40.9 Å². The molecule has 0 unspecified atom stereocenters. The van der Waals surface area contributed by atoms with Crippen molar-refractivity contribution in [3.8, 4) is 0 Å². The van der Waals surface area contributed by atoms with Gasteiger partial charge in [-0.2, -0.15) is 0 Å². The summed E-state index contributed by atoms with van der Waals surface area (Å²) in [4.78, 5) is 15.7. The van der Waals surface area contributed by atoms with Gasteiger partial charge in [-0.15, -0.1) is 11.8 Å². The Morgan fingerprint density at radius 1 is 1.20 bits per heavy atom. The minimum Gasteiger partial charge on any atom is -0.306 e. The van der Waals surface area contributed by atoms with Crippen LogP contribution in [-0.4, -0.2) is 45.0 Å². The van der Waals surface area contributed by atoms with Crippen LogP contribution in [-0.2, 0) is 10.0 Å². The molecule has 0 saturated heterocycles. The average molecular weight is 397 g/mol. The number of rotatable bonds is 3. The maximum Gasteiger partial charge on any atom is 0.258 e.